The van der Waals surface area contributed by atoms with Crippen LogP contribution in [-0.4, -0.2) is 43.7 Å². The lowest BCUT2D eigenvalue weighted by Gasteiger charge is -2.31. The van der Waals surface area contributed by atoms with E-state index in [2.05, 4.69) is 6.58 Å². The minimum Gasteiger partial charge on any atom is -0.496 e. The average molecular weight is 275 g/mol. The molecule has 0 bridgehead atoms. The number of hydrogen-bond acceptors (Lipinski definition) is 3. The Morgan fingerprint density at radius 1 is 1.60 bits per heavy atom. The fraction of sp³-hybridized carbons (Fsp3) is 0.438. The molecule has 1 aromatic rings. The zero-order valence-corrected chi connectivity index (χ0v) is 12.1. The van der Waals surface area contributed by atoms with Gasteiger partial charge in [0.1, 0.15) is 5.75 Å². The van der Waals surface area contributed by atoms with Gasteiger partial charge in [0.05, 0.1) is 26.2 Å². The second kappa shape index (κ2) is 6.57. The first-order chi connectivity index (χ1) is 9.63. The predicted molar refractivity (Wildman–Crippen MR) is 78.8 cm³/mol. The Morgan fingerprint density at radius 3 is 3.05 bits per heavy atom. The van der Waals surface area contributed by atoms with Gasteiger partial charge in [0.2, 0.25) is 5.91 Å². The minimum atomic E-state index is 0.106. The normalized spacial score (nSPS) is 18.7. The van der Waals surface area contributed by atoms with Crippen molar-refractivity contribution < 1.29 is 14.3 Å². The zero-order valence-electron chi connectivity index (χ0n) is 12.1. The number of hydrogen-bond donors (Lipinski definition) is 0. The van der Waals surface area contributed by atoms with Gasteiger partial charge in [-0.1, -0.05) is 18.7 Å². The molecule has 1 amide bonds. The molecule has 1 saturated heterocycles. The maximum absolute atomic E-state index is 12.4. The van der Waals surface area contributed by atoms with Crippen molar-refractivity contribution in [3.63, 3.8) is 0 Å². The van der Waals surface area contributed by atoms with E-state index in [1.165, 1.54) is 0 Å². The maximum atomic E-state index is 12.4. The van der Waals surface area contributed by atoms with Gasteiger partial charge < -0.3 is 14.4 Å². The lowest BCUT2D eigenvalue weighted by atomic mass is 10.1. The molecular weight excluding hydrogens is 254 g/mol. The molecule has 4 nitrogen and oxygen atoms in total. The molecule has 1 aliphatic heterocycles. The van der Waals surface area contributed by atoms with Crippen molar-refractivity contribution in [2.45, 2.75) is 19.4 Å². The Balaban J connectivity index is 2.11. The van der Waals surface area contributed by atoms with Crippen LogP contribution in [0, 0.1) is 0 Å². The van der Waals surface area contributed by atoms with E-state index in [9.17, 15) is 4.79 Å². The topological polar surface area (TPSA) is 38.8 Å². The molecule has 0 aromatic heterocycles. The van der Waals surface area contributed by atoms with E-state index >= 15 is 0 Å². The van der Waals surface area contributed by atoms with Gasteiger partial charge in [-0.25, -0.2) is 0 Å². The lowest BCUT2D eigenvalue weighted by molar-refractivity contribution is -0.137. The van der Waals surface area contributed by atoms with Gasteiger partial charge in [0, 0.05) is 18.7 Å². The van der Waals surface area contributed by atoms with Crippen LogP contribution in [0.2, 0.25) is 0 Å². The fourth-order valence-corrected chi connectivity index (χ4v) is 2.38. The van der Waals surface area contributed by atoms with Gasteiger partial charge >= 0.3 is 0 Å². The van der Waals surface area contributed by atoms with Crippen LogP contribution in [0.25, 0.3) is 6.08 Å². The molecule has 4 heteroatoms. The number of carbonyl (C=O) groups is 1. The molecule has 0 aliphatic carbocycles. The van der Waals surface area contributed by atoms with Gasteiger partial charge in [0.15, 0.2) is 0 Å². The number of amides is 1. The number of carbonyl (C=O) groups excluding carboxylic acids is 1. The first-order valence-corrected chi connectivity index (χ1v) is 6.82. The highest BCUT2D eigenvalue weighted by Crippen LogP contribution is 2.22. The smallest absolute Gasteiger partial charge is 0.227 e. The Labute approximate surface area is 120 Å². The second-order valence-corrected chi connectivity index (χ2v) is 4.97. The molecular formula is C16H21NO3. The summed E-state index contributed by atoms with van der Waals surface area (Å²) in [5, 5.41) is 0. The van der Waals surface area contributed by atoms with E-state index in [1.807, 2.05) is 30.0 Å². The van der Waals surface area contributed by atoms with Crippen molar-refractivity contribution in [3.8, 4) is 5.75 Å². The van der Waals surface area contributed by atoms with Crippen LogP contribution in [0.4, 0.5) is 0 Å². The van der Waals surface area contributed by atoms with Crippen molar-refractivity contribution in [2.75, 3.05) is 26.8 Å². The highest BCUT2D eigenvalue weighted by atomic mass is 16.5. The summed E-state index contributed by atoms with van der Waals surface area (Å²) in [6, 6.07) is 5.76. The maximum Gasteiger partial charge on any atom is 0.227 e. The van der Waals surface area contributed by atoms with Crippen LogP contribution in [0.15, 0.2) is 24.8 Å². The largest absolute Gasteiger partial charge is 0.496 e. The summed E-state index contributed by atoms with van der Waals surface area (Å²) < 4.78 is 10.8. The summed E-state index contributed by atoms with van der Waals surface area (Å²) in [7, 11) is 1.62. The van der Waals surface area contributed by atoms with Crippen LogP contribution in [0.1, 0.15) is 18.1 Å². The third kappa shape index (κ3) is 3.39. The molecule has 0 saturated carbocycles. The zero-order chi connectivity index (χ0) is 14.5. The number of nitrogens with zero attached hydrogens (tertiary/aromatic N) is 1. The Hall–Kier alpha value is -1.81. The lowest BCUT2D eigenvalue weighted by Crippen LogP contribution is -2.45. The molecule has 108 valence electrons. The van der Waals surface area contributed by atoms with Gasteiger partial charge in [-0.2, -0.15) is 0 Å². The van der Waals surface area contributed by atoms with Crippen LogP contribution < -0.4 is 4.74 Å². The van der Waals surface area contributed by atoms with E-state index in [0.29, 0.717) is 26.1 Å². The standard InChI is InChI=1S/C16H21NO3/c1-4-13-5-6-15(19-3)14(9-13)10-16(18)17-7-8-20-12(2)11-17/h4-6,9,12H,1,7-8,10-11H2,2-3H3. The molecule has 1 fully saturated rings. The third-order valence-electron chi connectivity index (χ3n) is 3.48. The summed E-state index contributed by atoms with van der Waals surface area (Å²) in [6.07, 6.45) is 2.22. The second-order valence-electron chi connectivity index (χ2n) is 4.97. The molecule has 1 aliphatic rings. The number of rotatable bonds is 4. The monoisotopic (exact) mass is 275 g/mol. The summed E-state index contributed by atoms with van der Waals surface area (Å²) in [5.41, 5.74) is 1.89. The van der Waals surface area contributed by atoms with Crippen molar-refractivity contribution >= 4 is 12.0 Å². The first kappa shape index (κ1) is 14.6. The van der Waals surface area contributed by atoms with Gasteiger partial charge in [-0.3, -0.25) is 4.79 Å². The summed E-state index contributed by atoms with van der Waals surface area (Å²) in [6.45, 7) is 7.66. The number of ether oxygens (including phenoxy) is 2. The van der Waals surface area contributed by atoms with Crippen LogP contribution in [-0.2, 0) is 16.0 Å². The van der Waals surface area contributed by atoms with Gasteiger partial charge in [-0.15, -0.1) is 0 Å². The Morgan fingerprint density at radius 2 is 2.40 bits per heavy atom. The molecule has 20 heavy (non-hydrogen) atoms. The van der Waals surface area contributed by atoms with E-state index in [1.54, 1.807) is 13.2 Å². The van der Waals surface area contributed by atoms with Crippen molar-refractivity contribution in [1.29, 1.82) is 0 Å². The van der Waals surface area contributed by atoms with E-state index < -0.39 is 0 Å². The average Bonchev–Trinajstić information content (AvgIpc) is 2.47. The quantitative estimate of drug-likeness (QED) is 0.845. The van der Waals surface area contributed by atoms with E-state index in [-0.39, 0.29) is 12.0 Å². The molecule has 1 heterocycles. The molecule has 1 unspecified atom stereocenters. The van der Waals surface area contributed by atoms with Crippen LogP contribution >= 0.6 is 0 Å². The van der Waals surface area contributed by atoms with E-state index in [4.69, 9.17) is 9.47 Å². The third-order valence-corrected chi connectivity index (χ3v) is 3.48. The number of methoxy groups -OCH3 is 1. The minimum absolute atomic E-state index is 0.106. The highest BCUT2D eigenvalue weighted by Gasteiger charge is 2.22. The summed E-state index contributed by atoms with van der Waals surface area (Å²) in [4.78, 5) is 14.2. The van der Waals surface area contributed by atoms with Gasteiger partial charge in [-0.05, 0) is 24.6 Å². The summed E-state index contributed by atoms with van der Waals surface area (Å²) >= 11 is 0. The van der Waals surface area contributed by atoms with Crippen molar-refractivity contribution in [1.82, 2.24) is 4.90 Å². The molecule has 0 radical (unpaired) electrons. The number of benzene rings is 1. The fourth-order valence-electron chi connectivity index (χ4n) is 2.38. The van der Waals surface area contributed by atoms with Crippen LogP contribution in [0.5, 0.6) is 5.75 Å². The molecule has 1 atom stereocenters. The van der Waals surface area contributed by atoms with Gasteiger partial charge in [0.25, 0.3) is 0 Å². The SMILES string of the molecule is C=Cc1ccc(OC)c(CC(=O)N2CCOC(C)C2)c1. The molecule has 0 N–H and O–H groups in total. The Bertz CT molecular complexity index is 498. The highest BCUT2D eigenvalue weighted by molar-refractivity contribution is 5.80. The molecule has 1 aromatic carbocycles. The Kier molecular flexibility index (Phi) is 4.79. The molecule has 2 rings (SSSR count). The summed E-state index contributed by atoms with van der Waals surface area (Å²) in [5.74, 6) is 0.852. The van der Waals surface area contributed by atoms with Crippen molar-refractivity contribution in [2.24, 2.45) is 0 Å². The predicted octanol–water partition coefficient (Wildman–Crippen LogP) is 2.13. The first-order valence-electron chi connectivity index (χ1n) is 6.82. The number of morpholine rings is 1. The van der Waals surface area contributed by atoms with E-state index in [0.717, 1.165) is 16.9 Å². The molecule has 0 spiro atoms. The van der Waals surface area contributed by atoms with Crippen LogP contribution in [0.3, 0.4) is 0 Å². The van der Waals surface area contributed by atoms with Crippen molar-refractivity contribution in [3.05, 3.63) is 35.9 Å².